The fourth-order valence-electron chi connectivity index (χ4n) is 4.28. The number of hydrogen-bond donors (Lipinski definition) is 1. The maximum absolute atomic E-state index is 14.4. The number of anilines is 1. The number of aromatic nitrogens is 2. The normalized spacial score (nSPS) is 17.3. The second-order valence-electron chi connectivity index (χ2n) is 8.35. The van der Waals surface area contributed by atoms with Crippen molar-refractivity contribution in [2.75, 3.05) is 18.0 Å². The van der Waals surface area contributed by atoms with E-state index in [2.05, 4.69) is 16.7 Å². The van der Waals surface area contributed by atoms with Crippen LogP contribution in [-0.4, -0.2) is 28.7 Å². The van der Waals surface area contributed by atoms with Crippen LogP contribution in [0, 0.1) is 30.1 Å². The van der Waals surface area contributed by atoms with Gasteiger partial charge in [-0.05, 0) is 31.7 Å². The lowest BCUT2D eigenvalue weighted by molar-refractivity contribution is 0.490. The van der Waals surface area contributed by atoms with Crippen LogP contribution in [0.4, 0.5) is 16.0 Å². The molecule has 0 bridgehead atoms. The Balaban J connectivity index is 1.85. The van der Waals surface area contributed by atoms with Gasteiger partial charge in [0.2, 0.25) is 11.6 Å². The zero-order chi connectivity index (χ0) is 22.0. The number of nitrogens with two attached hydrogens (primary N) is 1. The van der Waals surface area contributed by atoms with E-state index in [0.29, 0.717) is 30.3 Å². The summed E-state index contributed by atoms with van der Waals surface area (Å²) in [6.45, 7) is 8.50. The van der Waals surface area contributed by atoms with Gasteiger partial charge < -0.3 is 10.6 Å². The maximum Gasteiger partial charge on any atom is 0.271 e. The van der Waals surface area contributed by atoms with Gasteiger partial charge in [0, 0.05) is 37.7 Å². The number of piperidine rings is 1. The van der Waals surface area contributed by atoms with Crippen molar-refractivity contribution in [1.82, 2.24) is 9.55 Å². The Hall–Kier alpha value is -3.16. The van der Waals surface area contributed by atoms with Gasteiger partial charge in [-0.15, -0.1) is 0 Å². The predicted octanol–water partition coefficient (Wildman–Crippen LogP) is 3.61. The van der Waals surface area contributed by atoms with Crippen molar-refractivity contribution in [3.8, 4) is 23.1 Å². The van der Waals surface area contributed by atoms with E-state index in [-0.39, 0.29) is 28.8 Å². The average molecular weight is 420 g/mol. The number of benzene rings is 1. The Morgan fingerprint density at radius 2 is 1.94 bits per heavy atom. The van der Waals surface area contributed by atoms with Gasteiger partial charge in [0.15, 0.2) is 0 Å². The van der Waals surface area contributed by atoms with E-state index >= 15 is 0 Å². The third-order valence-corrected chi connectivity index (χ3v) is 6.19. The summed E-state index contributed by atoms with van der Waals surface area (Å²) in [5.74, 6) is 6.51. The predicted molar refractivity (Wildman–Crippen MR) is 119 cm³/mol. The largest absolute Gasteiger partial charge is 0.342 e. The fourth-order valence-corrected chi connectivity index (χ4v) is 4.28. The van der Waals surface area contributed by atoms with Crippen LogP contribution in [0.2, 0.25) is 0 Å². The molecule has 0 spiro atoms. The summed E-state index contributed by atoms with van der Waals surface area (Å²) in [5.41, 5.74) is 6.83. The molecule has 7 heteroatoms. The van der Waals surface area contributed by atoms with Crippen LogP contribution >= 0.6 is 0 Å². The van der Waals surface area contributed by atoms with Crippen molar-refractivity contribution < 1.29 is 4.39 Å². The molecule has 2 aliphatic rings. The molecule has 4 rings (SSSR count). The molecule has 160 valence electrons. The number of rotatable bonds is 2. The van der Waals surface area contributed by atoms with Crippen LogP contribution in [-0.2, 0) is 7.05 Å². The molecule has 1 aromatic carbocycles. The molecule has 0 atom stereocenters. The second-order valence-corrected chi connectivity index (χ2v) is 8.35. The Morgan fingerprint density at radius 1 is 1.23 bits per heavy atom. The van der Waals surface area contributed by atoms with Gasteiger partial charge in [-0.25, -0.2) is 14.2 Å². The molecule has 1 saturated heterocycles. The van der Waals surface area contributed by atoms with E-state index in [4.69, 9.17) is 17.3 Å². The number of nitrogens with zero attached hydrogens (tertiary/aromatic N) is 4. The molecule has 0 radical (unpaired) electrons. The molecule has 1 aliphatic carbocycles. The van der Waals surface area contributed by atoms with E-state index < -0.39 is 5.82 Å². The minimum atomic E-state index is -0.629. The van der Waals surface area contributed by atoms with Gasteiger partial charge in [-0.1, -0.05) is 36.8 Å². The lowest BCUT2D eigenvalue weighted by atomic mass is 10.0. The molecule has 31 heavy (non-hydrogen) atoms. The summed E-state index contributed by atoms with van der Waals surface area (Å²) in [6.07, 6.45) is 6.03. The first-order valence-corrected chi connectivity index (χ1v) is 10.8. The molecule has 1 saturated carbocycles. The lowest BCUT2D eigenvalue weighted by Crippen LogP contribution is -2.42. The molecular formula is C24H26FN5O. The first-order valence-electron chi connectivity index (χ1n) is 10.8. The highest BCUT2D eigenvalue weighted by atomic mass is 19.1. The van der Waals surface area contributed by atoms with E-state index in [0.717, 1.165) is 38.5 Å². The maximum atomic E-state index is 14.4. The Bertz CT molecular complexity index is 1140. The summed E-state index contributed by atoms with van der Waals surface area (Å²) in [7, 11) is 1.70. The standard InChI is InChI=1S/C24H26FN5O/c1-27-21-10-8-17(15-20(21)25)22-19(9-7-16-5-3-4-6-16)23(31)29(2)24(28-22)30-13-11-18(26)12-14-30/h8,10,15-16,18H,3-6,11-14,26H2,2H3. The molecule has 2 fully saturated rings. The van der Waals surface area contributed by atoms with Gasteiger partial charge in [-0.3, -0.25) is 9.36 Å². The number of halogens is 1. The van der Waals surface area contributed by atoms with Gasteiger partial charge >= 0.3 is 0 Å². The highest BCUT2D eigenvalue weighted by Crippen LogP contribution is 2.29. The zero-order valence-electron chi connectivity index (χ0n) is 17.7. The van der Waals surface area contributed by atoms with Gasteiger partial charge in [0.1, 0.15) is 11.4 Å². The molecule has 1 aromatic heterocycles. The summed E-state index contributed by atoms with van der Waals surface area (Å²) in [4.78, 5) is 23.4. The first kappa shape index (κ1) is 21.1. The van der Waals surface area contributed by atoms with Crippen molar-refractivity contribution in [3.05, 3.63) is 51.4 Å². The van der Waals surface area contributed by atoms with E-state index in [9.17, 15) is 9.18 Å². The van der Waals surface area contributed by atoms with Crippen molar-refractivity contribution in [2.24, 2.45) is 18.7 Å². The molecular weight excluding hydrogens is 393 g/mol. The smallest absolute Gasteiger partial charge is 0.271 e. The number of hydrogen-bond acceptors (Lipinski definition) is 4. The Labute approximate surface area is 181 Å². The average Bonchev–Trinajstić information content (AvgIpc) is 3.29. The van der Waals surface area contributed by atoms with E-state index in [1.807, 2.05) is 4.90 Å². The van der Waals surface area contributed by atoms with Crippen LogP contribution < -0.4 is 16.2 Å². The van der Waals surface area contributed by atoms with E-state index in [1.54, 1.807) is 13.1 Å². The van der Waals surface area contributed by atoms with Gasteiger partial charge in [-0.2, -0.15) is 0 Å². The van der Waals surface area contributed by atoms with Crippen LogP contribution in [0.15, 0.2) is 23.0 Å². The van der Waals surface area contributed by atoms with Crippen molar-refractivity contribution >= 4 is 11.6 Å². The molecule has 2 N–H and O–H groups in total. The van der Waals surface area contributed by atoms with E-state index in [1.165, 1.54) is 16.7 Å². The molecule has 0 amide bonds. The molecule has 1 aliphatic heterocycles. The first-order chi connectivity index (χ1) is 15.0. The molecule has 0 unspecified atom stereocenters. The monoisotopic (exact) mass is 419 g/mol. The minimum absolute atomic E-state index is 0.0589. The van der Waals surface area contributed by atoms with Crippen molar-refractivity contribution in [2.45, 2.75) is 44.6 Å². The molecule has 2 aromatic rings. The molecule has 2 heterocycles. The highest BCUT2D eigenvalue weighted by Gasteiger charge is 2.23. The topological polar surface area (TPSA) is 68.5 Å². The quantitative estimate of drug-likeness (QED) is 0.597. The van der Waals surface area contributed by atoms with Crippen LogP contribution in [0.1, 0.15) is 44.1 Å². The minimum Gasteiger partial charge on any atom is -0.342 e. The summed E-state index contributed by atoms with van der Waals surface area (Å²) >= 11 is 0. The van der Waals surface area contributed by atoms with Crippen LogP contribution in [0.3, 0.4) is 0 Å². The highest BCUT2D eigenvalue weighted by molar-refractivity contribution is 5.70. The lowest BCUT2D eigenvalue weighted by Gasteiger charge is -2.32. The van der Waals surface area contributed by atoms with Gasteiger partial charge in [0.05, 0.1) is 12.3 Å². The fraction of sp³-hybridized carbons (Fsp3) is 0.458. The molecule has 6 nitrogen and oxygen atoms in total. The summed E-state index contributed by atoms with van der Waals surface area (Å²) in [6, 6.07) is 4.48. The Morgan fingerprint density at radius 3 is 2.58 bits per heavy atom. The van der Waals surface area contributed by atoms with Crippen molar-refractivity contribution in [1.29, 1.82) is 0 Å². The third kappa shape index (κ3) is 4.33. The summed E-state index contributed by atoms with van der Waals surface area (Å²) < 4.78 is 15.9. The van der Waals surface area contributed by atoms with Crippen molar-refractivity contribution in [3.63, 3.8) is 0 Å². The second kappa shape index (κ2) is 8.91. The summed E-state index contributed by atoms with van der Waals surface area (Å²) in [5, 5.41) is 0. The third-order valence-electron chi connectivity index (χ3n) is 6.19. The Kier molecular flexibility index (Phi) is 6.06. The zero-order valence-corrected chi connectivity index (χ0v) is 17.7. The van der Waals surface area contributed by atoms with Crippen LogP contribution in [0.5, 0.6) is 0 Å². The van der Waals surface area contributed by atoms with Crippen LogP contribution in [0.25, 0.3) is 16.1 Å². The SMILES string of the molecule is [C-]#[N+]c1ccc(-c2nc(N3CCC(N)CC3)n(C)c(=O)c2C#CC2CCCC2)cc1F. The van der Waals surface area contributed by atoms with Gasteiger partial charge in [0.25, 0.3) is 5.56 Å².